The van der Waals surface area contributed by atoms with Crippen LogP contribution in [0.2, 0.25) is 0 Å². The maximum absolute atomic E-state index is 8.88. The molecule has 2 rings (SSSR count). The zero-order chi connectivity index (χ0) is 13.5. The first-order valence-electron chi connectivity index (χ1n) is 7.69. The Morgan fingerprint density at radius 3 is 2.74 bits per heavy atom. The number of rotatable bonds is 7. The lowest BCUT2D eigenvalue weighted by Gasteiger charge is -2.31. The van der Waals surface area contributed by atoms with Crippen LogP contribution in [0, 0.1) is 0 Å². The Kier molecular flexibility index (Phi) is 5.86. The summed E-state index contributed by atoms with van der Waals surface area (Å²) in [5.74, 6) is 1.91. The van der Waals surface area contributed by atoms with Crippen LogP contribution in [0.1, 0.15) is 50.8 Å². The summed E-state index contributed by atoms with van der Waals surface area (Å²) in [5, 5.41) is 8.88. The first kappa shape index (κ1) is 14.5. The first-order chi connectivity index (χ1) is 9.35. The van der Waals surface area contributed by atoms with E-state index >= 15 is 0 Å². The van der Waals surface area contributed by atoms with Crippen LogP contribution in [0.4, 0.5) is 0 Å². The van der Waals surface area contributed by atoms with Crippen molar-refractivity contribution in [3.63, 3.8) is 0 Å². The molecule has 0 aromatic carbocycles. The summed E-state index contributed by atoms with van der Waals surface area (Å²) < 4.78 is 2.34. The van der Waals surface area contributed by atoms with Crippen molar-refractivity contribution < 1.29 is 5.11 Å². The average molecular weight is 265 g/mol. The second kappa shape index (κ2) is 7.65. The average Bonchev–Trinajstić information content (AvgIpc) is 2.92. The van der Waals surface area contributed by atoms with Crippen LogP contribution < -0.4 is 0 Å². The van der Waals surface area contributed by atoms with Gasteiger partial charge in [-0.15, -0.1) is 0 Å². The van der Waals surface area contributed by atoms with E-state index in [0.29, 0.717) is 12.5 Å². The van der Waals surface area contributed by atoms with Crippen LogP contribution in [0.15, 0.2) is 12.4 Å². The van der Waals surface area contributed by atoms with Crippen LogP contribution in [-0.2, 0) is 6.54 Å². The Balaban J connectivity index is 1.85. The van der Waals surface area contributed by atoms with E-state index in [1.807, 2.05) is 6.20 Å². The number of nitrogens with zero attached hydrogens (tertiary/aromatic N) is 3. The minimum Gasteiger partial charge on any atom is -0.396 e. The van der Waals surface area contributed by atoms with Gasteiger partial charge in [-0.1, -0.05) is 13.3 Å². The van der Waals surface area contributed by atoms with Crippen LogP contribution in [-0.4, -0.2) is 45.8 Å². The molecule has 108 valence electrons. The van der Waals surface area contributed by atoms with Crippen molar-refractivity contribution in [3.05, 3.63) is 18.2 Å². The Morgan fingerprint density at radius 1 is 1.26 bits per heavy atom. The number of aliphatic hydroxyl groups is 1. The van der Waals surface area contributed by atoms with Crippen molar-refractivity contribution in [2.45, 2.75) is 51.5 Å². The van der Waals surface area contributed by atoms with Gasteiger partial charge in [-0.05, 0) is 38.8 Å². The van der Waals surface area contributed by atoms with Gasteiger partial charge in [0.1, 0.15) is 5.82 Å². The highest BCUT2D eigenvalue weighted by Gasteiger charge is 2.23. The van der Waals surface area contributed by atoms with Gasteiger partial charge >= 0.3 is 0 Å². The molecule has 1 aliphatic heterocycles. The van der Waals surface area contributed by atoms with E-state index in [2.05, 4.69) is 27.6 Å². The number of aliphatic hydroxyl groups excluding tert-OH is 1. The molecule has 19 heavy (non-hydrogen) atoms. The summed E-state index contributed by atoms with van der Waals surface area (Å²) in [6, 6.07) is 0. The molecule has 1 aliphatic rings. The van der Waals surface area contributed by atoms with Crippen molar-refractivity contribution in [2.75, 3.05) is 26.2 Å². The lowest BCUT2D eigenvalue weighted by molar-refractivity contribution is 0.184. The zero-order valence-electron chi connectivity index (χ0n) is 12.1. The molecule has 0 saturated carbocycles. The van der Waals surface area contributed by atoms with E-state index in [4.69, 9.17) is 5.11 Å². The Labute approximate surface area is 116 Å². The summed E-state index contributed by atoms with van der Waals surface area (Å²) in [6.45, 7) is 6.97. The number of aryl methyl sites for hydroxylation is 1. The summed E-state index contributed by atoms with van der Waals surface area (Å²) in [7, 11) is 0. The maximum Gasteiger partial charge on any atom is 0.111 e. The predicted octanol–water partition coefficient (Wildman–Crippen LogP) is 2.25. The van der Waals surface area contributed by atoms with Gasteiger partial charge in [0.15, 0.2) is 0 Å². The molecular formula is C15H27N3O. The molecule has 0 atom stereocenters. The normalized spacial score (nSPS) is 18.0. The second-order valence-electron chi connectivity index (χ2n) is 5.53. The third-order valence-corrected chi connectivity index (χ3v) is 4.09. The number of piperidine rings is 1. The third-order valence-electron chi connectivity index (χ3n) is 4.09. The molecule has 0 unspecified atom stereocenters. The molecule has 0 radical (unpaired) electrons. The highest BCUT2D eigenvalue weighted by Crippen LogP contribution is 2.27. The molecule has 1 fully saturated rings. The van der Waals surface area contributed by atoms with E-state index in [1.54, 1.807) is 0 Å². The molecule has 4 nitrogen and oxygen atoms in total. The Bertz CT molecular complexity index is 356. The number of hydrogen-bond donors (Lipinski definition) is 1. The molecule has 0 aliphatic carbocycles. The summed E-state index contributed by atoms with van der Waals surface area (Å²) in [6.07, 6.45) is 9.85. The van der Waals surface area contributed by atoms with Gasteiger partial charge in [-0.3, -0.25) is 0 Å². The number of aromatic nitrogens is 2. The van der Waals surface area contributed by atoms with E-state index in [-0.39, 0.29) is 0 Å². The van der Waals surface area contributed by atoms with E-state index in [1.165, 1.54) is 31.5 Å². The SMILES string of the molecule is CCCCn1ccnc1C1CCN(CCCO)CC1. The number of likely N-dealkylation sites (tertiary alicyclic amines) is 1. The van der Waals surface area contributed by atoms with Crippen molar-refractivity contribution in [2.24, 2.45) is 0 Å². The topological polar surface area (TPSA) is 41.3 Å². The molecule has 4 heteroatoms. The lowest BCUT2D eigenvalue weighted by Crippen LogP contribution is -2.34. The number of hydrogen-bond acceptors (Lipinski definition) is 3. The molecule has 2 heterocycles. The first-order valence-corrected chi connectivity index (χ1v) is 7.69. The van der Waals surface area contributed by atoms with E-state index < -0.39 is 0 Å². The fraction of sp³-hybridized carbons (Fsp3) is 0.800. The van der Waals surface area contributed by atoms with Gasteiger partial charge in [-0.2, -0.15) is 0 Å². The van der Waals surface area contributed by atoms with E-state index in [0.717, 1.165) is 32.6 Å². The van der Waals surface area contributed by atoms with Gasteiger partial charge in [0.2, 0.25) is 0 Å². The van der Waals surface area contributed by atoms with Gasteiger partial charge in [0.05, 0.1) is 0 Å². The summed E-state index contributed by atoms with van der Waals surface area (Å²) >= 11 is 0. The Hall–Kier alpha value is -0.870. The smallest absolute Gasteiger partial charge is 0.111 e. The van der Waals surface area contributed by atoms with Gasteiger partial charge in [0.25, 0.3) is 0 Å². The van der Waals surface area contributed by atoms with Crippen LogP contribution in [0.25, 0.3) is 0 Å². The van der Waals surface area contributed by atoms with Crippen LogP contribution in [0.5, 0.6) is 0 Å². The Morgan fingerprint density at radius 2 is 2.05 bits per heavy atom. The van der Waals surface area contributed by atoms with Crippen molar-refractivity contribution in [1.29, 1.82) is 0 Å². The lowest BCUT2D eigenvalue weighted by atomic mass is 9.95. The quantitative estimate of drug-likeness (QED) is 0.822. The monoisotopic (exact) mass is 265 g/mol. The molecule has 1 aromatic rings. The highest BCUT2D eigenvalue weighted by atomic mass is 16.3. The van der Waals surface area contributed by atoms with Gasteiger partial charge in [0, 0.05) is 38.0 Å². The molecule has 1 aromatic heterocycles. The second-order valence-corrected chi connectivity index (χ2v) is 5.53. The standard InChI is InChI=1S/C15H27N3O/c1-2-3-9-18-12-7-16-15(18)14-5-10-17(11-6-14)8-4-13-19/h7,12,14,19H,2-6,8-11,13H2,1H3. The predicted molar refractivity (Wildman–Crippen MR) is 77.3 cm³/mol. The third kappa shape index (κ3) is 4.05. The molecular weight excluding hydrogens is 238 g/mol. The van der Waals surface area contributed by atoms with Crippen molar-refractivity contribution in [3.8, 4) is 0 Å². The maximum atomic E-state index is 8.88. The van der Waals surface area contributed by atoms with Gasteiger partial charge in [-0.25, -0.2) is 4.98 Å². The number of imidazole rings is 1. The van der Waals surface area contributed by atoms with Gasteiger partial charge < -0.3 is 14.6 Å². The molecule has 0 amide bonds. The molecule has 0 bridgehead atoms. The minimum atomic E-state index is 0.307. The molecule has 0 spiro atoms. The number of unbranched alkanes of at least 4 members (excludes halogenated alkanes) is 1. The molecule has 1 N–H and O–H groups in total. The zero-order valence-corrected chi connectivity index (χ0v) is 12.1. The summed E-state index contributed by atoms with van der Waals surface area (Å²) in [4.78, 5) is 7.05. The van der Waals surface area contributed by atoms with Crippen LogP contribution in [0.3, 0.4) is 0 Å². The fourth-order valence-electron chi connectivity index (χ4n) is 2.91. The fourth-order valence-corrected chi connectivity index (χ4v) is 2.91. The minimum absolute atomic E-state index is 0.307. The van der Waals surface area contributed by atoms with Crippen LogP contribution >= 0.6 is 0 Å². The summed E-state index contributed by atoms with van der Waals surface area (Å²) in [5.41, 5.74) is 0. The molecule has 1 saturated heterocycles. The largest absolute Gasteiger partial charge is 0.396 e. The van der Waals surface area contributed by atoms with E-state index in [9.17, 15) is 0 Å². The van der Waals surface area contributed by atoms with Crippen molar-refractivity contribution >= 4 is 0 Å². The van der Waals surface area contributed by atoms with Crippen molar-refractivity contribution in [1.82, 2.24) is 14.5 Å². The highest BCUT2D eigenvalue weighted by molar-refractivity contribution is 5.02.